The number of benzene rings is 1. The number of aromatic nitrogens is 5. The van der Waals surface area contributed by atoms with E-state index in [0.717, 1.165) is 10.9 Å². The van der Waals surface area contributed by atoms with E-state index >= 15 is 0 Å². The van der Waals surface area contributed by atoms with E-state index in [1.54, 1.807) is 12.4 Å². The van der Waals surface area contributed by atoms with E-state index in [-0.39, 0.29) is 11.6 Å². The summed E-state index contributed by atoms with van der Waals surface area (Å²) in [7, 11) is 1.24. The molecule has 0 radical (unpaired) electrons. The highest BCUT2D eigenvalue weighted by molar-refractivity contribution is 7.18. The largest absolute Gasteiger partial charge is 0.465 e. The highest BCUT2D eigenvalue weighted by Gasteiger charge is 2.19. The van der Waals surface area contributed by atoms with Gasteiger partial charge in [-0.25, -0.2) is 4.79 Å². The van der Waals surface area contributed by atoms with Crippen LogP contribution in [0.1, 0.15) is 30.2 Å². The van der Waals surface area contributed by atoms with Crippen LogP contribution < -0.4 is 10.9 Å². The van der Waals surface area contributed by atoms with Crippen molar-refractivity contribution < 1.29 is 9.53 Å². The van der Waals surface area contributed by atoms with Crippen LogP contribution in [0, 0.1) is 0 Å². The summed E-state index contributed by atoms with van der Waals surface area (Å²) >= 11 is 7.71. The molecule has 4 aromatic rings. The summed E-state index contributed by atoms with van der Waals surface area (Å²) < 4.78 is 6.22. The Hall–Kier alpha value is -3.24. The molecular formula is C19H17ClN6O3S. The van der Waals surface area contributed by atoms with Crippen LogP contribution >= 0.6 is 22.9 Å². The van der Waals surface area contributed by atoms with Crippen molar-refractivity contribution in [2.75, 3.05) is 12.4 Å². The quantitative estimate of drug-likeness (QED) is 0.447. The average molecular weight is 445 g/mol. The molecule has 0 atom stereocenters. The molecule has 0 saturated heterocycles. The van der Waals surface area contributed by atoms with E-state index in [4.69, 9.17) is 16.3 Å². The van der Waals surface area contributed by atoms with Crippen molar-refractivity contribution in [1.29, 1.82) is 0 Å². The summed E-state index contributed by atoms with van der Waals surface area (Å²) in [5.41, 5.74) is 1.61. The lowest BCUT2D eigenvalue weighted by Crippen LogP contribution is -2.28. The number of carbonyl (C=O) groups is 1. The Morgan fingerprint density at radius 1 is 1.33 bits per heavy atom. The fourth-order valence-corrected chi connectivity index (χ4v) is 3.94. The Bertz CT molecular complexity index is 1310. The lowest BCUT2D eigenvalue weighted by atomic mass is 10.2. The predicted octanol–water partition coefficient (Wildman–Crippen LogP) is 4.01. The second kappa shape index (κ2) is 7.88. The predicted molar refractivity (Wildman–Crippen MR) is 116 cm³/mol. The molecule has 0 aliphatic rings. The molecule has 0 aliphatic heterocycles. The molecule has 3 heterocycles. The first kappa shape index (κ1) is 20.0. The van der Waals surface area contributed by atoms with Gasteiger partial charge in [0.25, 0.3) is 5.56 Å². The van der Waals surface area contributed by atoms with E-state index in [0.29, 0.717) is 26.4 Å². The van der Waals surface area contributed by atoms with Gasteiger partial charge in [-0.15, -0.1) is 10.2 Å². The van der Waals surface area contributed by atoms with E-state index < -0.39 is 11.5 Å². The van der Waals surface area contributed by atoms with Crippen molar-refractivity contribution in [3.63, 3.8) is 0 Å². The second-order valence-electron chi connectivity index (χ2n) is 6.74. The molecule has 0 unspecified atom stereocenters. The molecule has 0 bridgehead atoms. The van der Waals surface area contributed by atoms with Crippen LogP contribution in [-0.4, -0.2) is 38.0 Å². The van der Waals surface area contributed by atoms with Gasteiger partial charge >= 0.3 is 5.97 Å². The molecule has 1 aromatic carbocycles. The van der Waals surface area contributed by atoms with Crippen LogP contribution in [0.25, 0.3) is 21.5 Å². The Balaban J connectivity index is 1.71. The molecule has 9 nitrogen and oxygen atoms in total. The van der Waals surface area contributed by atoms with Crippen molar-refractivity contribution in [3.8, 4) is 10.6 Å². The fourth-order valence-electron chi connectivity index (χ4n) is 2.94. The van der Waals surface area contributed by atoms with Gasteiger partial charge in [-0.1, -0.05) is 22.9 Å². The molecule has 4 rings (SSSR count). The normalized spacial score (nSPS) is 11.2. The highest BCUT2D eigenvalue weighted by atomic mass is 35.5. The van der Waals surface area contributed by atoms with Crippen molar-refractivity contribution in [1.82, 2.24) is 25.0 Å². The van der Waals surface area contributed by atoms with Crippen LogP contribution in [0.4, 0.5) is 10.8 Å². The van der Waals surface area contributed by atoms with Gasteiger partial charge in [-0.3, -0.25) is 9.89 Å². The van der Waals surface area contributed by atoms with E-state index in [2.05, 4.69) is 25.7 Å². The molecule has 30 heavy (non-hydrogen) atoms. The molecule has 0 amide bonds. The summed E-state index contributed by atoms with van der Waals surface area (Å²) in [6.07, 6.45) is 3.31. The first-order chi connectivity index (χ1) is 14.4. The SMILES string of the molecule is COC(=O)c1cc(-c2nnc(Nc3ccc4[nH]ncc4c3Cl)s2)cn(C(C)C)c1=O. The number of H-pyrrole nitrogens is 1. The standard InChI is InChI=1S/C19H17ClN6O3S/c1-9(2)26-8-10(6-11(17(26)27)18(28)29-3)16-24-25-19(30-16)22-14-5-4-13-12(15(14)20)7-21-23-13/h4-9H,1-3H3,(H,21,23)(H,22,25). The number of nitrogens with zero attached hydrogens (tertiary/aromatic N) is 4. The smallest absolute Gasteiger partial charge is 0.343 e. The summed E-state index contributed by atoms with van der Waals surface area (Å²) in [6.45, 7) is 3.71. The van der Waals surface area contributed by atoms with Crippen LogP contribution in [0.5, 0.6) is 0 Å². The lowest BCUT2D eigenvalue weighted by molar-refractivity contribution is 0.0598. The zero-order valence-electron chi connectivity index (χ0n) is 16.3. The number of halogens is 1. The summed E-state index contributed by atoms with van der Waals surface area (Å²) in [5.74, 6) is -0.695. The number of fused-ring (bicyclic) bond motifs is 1. The second-order valence-corrected chi connectivity index (χ2v) is 8.09. The van der Waals surface area contributed by atoms with Crippen LogP contribution in [0.3, 0.4) is 0 Å². The first-order valence-electron chi connectivity index (χ1n) is 8.96. The van der Waals surface area contributed by atoms with E-state index in [9.17, 15) is 9.59 Å². The number of hydrogen-bond acceptors (Lipinski definition) is 8. The topological polar surface area (TPSA) is 115 Å². The first-order valence-corrected chi connectivity index (χ1v) is 10.2. The maximum atomic E-state index is 12.6. The third-order valence-electron chi connectivity index (χ3n) is 4.48. The molecule has 11 heteroatoms. The van der Waals surface area contributed by atoms with Gasteiger partial charge in [0.15, 0.2) is 5.01 Å². The molecule has 2 N–H and O–H groups in total. The molecule has 0 aliphatic carbocycles. The molecule has 0 fully saturated rings. The summed E-state index contributed by atoms with van der Waals surface area (Å²) in [4.78, 5) is 24.6. The lowest BCUT2D eigenvalue weighted by Gasteiger charge is -2.12. The van der Waals surface area contributed by atoms with Gasteiger partial charge in [0.05, 0.1) is 29.5 Å². The monoisotopic (exact) mass is 444 g/mol. The van der Waals surface area contributed by atoms with Crippen molar-refractivity contribution in [3.05, 3.63) is 51.5 Å². The zero-order valence-corrected chi connectivity index (χ0v) is 17.8. The third kappa shape index (κ3) is 3.55. The Morgan fingerprint density at radius 3 is 2.87 bits per heavy atom. The molecule has 0 saturated carbocycles. The number of esters is 1. The Morgan fingerprint density at radius 2 is 2.13 bits per heavy atom. The van der Waals surface area contributed by atoms with Gasteiger partial charge < -0.3 is 14.6 Å². The van der Waals surface area contributed by atoms with Gasteiger partial charge in [0, 0.05) is 23.2 Å². The molecule has 3 aromatic heterocycles. The van der Waals surface area contributed by atoms with Gasteiger partial charge in [-0.2, -0.15) is 5.10 Å². The maximum Gasteiger partial charge on any atom is 0.343 e. The maximum absolute atomic E-state index is 12.6. The van der Waals surface area contributed by atoms with E-state index in [1.165, 1.54) is 29.1 Å². The number of ether oxygens (including phenoxy) is 1. The minimum atomic E-state index is -0.695. The minimum absolute atomic E-state index is 0.0538. The van der Waals surface area contributed by atoms with Gasteiger partial charge in [0.1, 0.15) is 5.56 Å². The highest BCUT2D eigenvalue weighted by Crippen LogP contribution is 2.34. The fraction of sp³-hybridized carbons (Fsp3) is 0.211. The zero-order chi connectivity index (χ0) is 21.4. The van der Waals surface area contributed by atoms with E-state index in [1.807, 2.05) is 26.0 Å². The summed E-state index contributed by atoms with van der Waals surface area (Å²) in [5, 5.41) is 20.7. The number of methoxy groups -OCH3 is 1. The van der Waals surface area contributed by atoms with Crippen LogP contribution in [-0.2, 0) is 4.74 Å². The van der Waals surface area contributed by atoms with Crippen molar-refractivity contribution >= 4 is 50.6 Å². The van der Waals surface area contributed by atoms with Crippen LogP contribution in [0.15, 0.2) is 35.4 Å². The number of anilines is 2. The van der Waals surface area contributed by atoms with Crippen LogP contribution in [0.2, 0.25) is 5.02 Å². The minimum Gasteiger partial charge on any atom is -0.465 e. The third-order valence-corrected chi connectivity index (χ3v) is 5.77. The summed E-state index contributed by atoms with van der Waals surface area (Å²) in [6, 6.07) is 5.01. The number of hydrogen-bond donors (Lipinski definition) is 2. The van der Waals surface area contributed by atoms with Crippen molar-refractivity contribution in [2.24, 2.45) is 0 Å². The Labute approximate surface area is 179 Å². The molecular weight excluding hydrogens is 428 g/mol. The van der Waals surface area contributed by atoms with Gasteiger partial charge in [-0.05, 0) is 32.0 Å². The molecule has 0 spiro atoms. The number of rotatable bonds is 5. The Kier molecular flexibility index (Phi) is 5.27. The number of aromatic amines is 1. The van der Waals surface area contributed by atoms with Crippen molar-refractivity contribution in [2.45, 2.75) is 19.9 Å². The number of nitrogens with one attached hydrogen (secondary N) is 2. The number of carbonyl (C=O) groups excluding carboxylic acids is 1. The average Bonchev–Trinajstić information content (AvgIpc) is 3.39. The number of pyridine rings is 1. The van der Waals surface area contributed by atoms with Gasteiger partial charge in [0.2, 0.25) is 5.13 Å². The molecule has 154 valence electrons.